The molecule has 2 aromatic carbocycles. The third kappa shape index (κ3) is 3.37. The van der Waals surface area contributed by atoms with Crippen molar-refractivity contribution in [2.45, 2.75) is 25.8 Å². The fourth-order valence-electron chi connectivity index (χ4n) is 2.88. The Balaban J connectivity index is 1.66. The Labute approximate surface area is 126 Å². The van der Waals surface area contributed by atoms with E-state index < -0.39 is 0 Å². The van der Waals surface area contributed by atoms with Gasteiger partial charge in [-0.2, -0.15) is 0 Å². The third-order valence-electron chi connectivity index (χ3n) is 3.97. The number of nitrogens with one attached hydrogen (secondary N) is 2. The van der Waals surface area contributed by atoms with E-state index in [2.05, 4.69) is 53.1 Å². The number of hydrogen-bond donors (Lipinski definition) is 3. The lowest BCUT2D eigenvalue weighted by molar-refractivity contribution is 0.288. The summed E-state index contributed by atoms with van der Waals surface area (Å²) in [5.74, 6) is 0. The first kappa shape index (κ1) is 14.0. The van der Waals surface area contributed by atoms with E-state index in [-0.39, 0.29) is 6.61 Å². The molecule has 2 aromatic rings. The second-order valence-corrected chi connectivity index (χ2v) is 5.51. The maximum Gasteiger partial charge on any atom is 0.0434 e. The molecule has 0 spiro atoms. The van der Waals surface area contributed by atoms with Gasteiger partial charge in [0.25, 0.3) is 0 Å². The van der Waals surface area contributed by atoms with Crippen molar-refractivity contribution in [1.29, 1.82) is 0 Å². The van der Waals surface area contributed by atoms with Crippen LogP contribution in [0.5, 0.6) is 0 Å². The Bertz CT molecular complexity index is 610. The monoisotopic (exact) mass is 282 g/mol. The number of aliphatic hydroxyl groups excluding tert-OH is 1. The smallest absolute Gasteiger partial charge is 0.0434 e. The fraction of sp³-hybridized carbons (Fsp3) is 0.333. The van der Waals surface area contributed by atoms with Gasteiger partial charge in [0.05, 0.1) is 0 Å². The summed E-state index contributed by atoms with van der Waals surface area (Å²) in [4.78, 5) is 0. The molecule has 0 bridgehead atoms. The standard InChI is InChI=1S/C18H22N2O/c21-11-3-5-14-4-1-8-17(12-14)20-13-16-7-2-6-15-9-10-19-18(15)16/h1-2,4,6-8,12,19-21H,3,5,9-11,13H2. The Kier molecular flexibility index (Phi) is 4.41. The van der Waals surface area contributed by atoms with Crippen LogP contribution in [0.4, 0.5) is 11.4 Å². The summed E-state index contributed by atoms with van der Waals surface area (Å²) in [5, 5.41) is 15.9. The molecule has 3 rings (SSSR count). The normalized spacial score (nSPS) is 12.8. The van der Waals surface area contributed by atoms with Gasteiger partial charge in [0, 0.05) is 31.1 Å². The molecule has 0 radical (unpaired) electrons. The minimum absolute atomic E-state index is 0.249. The summed E-state index contributed by atoms with van der Waals surface area (Å²) in [6.45, 7) is 2.13. The first-order valence-corrected chi connectivity index (χ1v) is 7.65. The van der Waals surface area contributed by atoms with Crippen molar-refractivity contribution in [3.05, 3.63) is 59.2 Å². The van der Waals surface area contributed by atoms with Gasteiger partial charge in [0.1, 0.15) is 0 Å². The molecule has 3 N–H and O–H groups in total. The van der Waals surface area contributed by atoms with Crippen LogP contribution in [0.25, 0.3) is 0 Å². The van der Waals surface area contributed by atoms with E-state index in [1.807, 2.05) is 0 Å². The second kappa shape index (κ2) is 6.64. The first-order valence-electron chi connectivity index (χ1n) is 7.65. The number of rotatable bonds is 6. The van der Waals surface area contributed by atoms with Gasteiger partial charge < -0.3 is 15.7 Å². The quantitative estimate of drug-likeness (QED) is 0.762. The Hall–Kier alpha value is -2.00. The highest BCUT2D eigenvalue weighted by molar-refractivity contribution is 5.62. The summed E-state index contributed by atoms with van der Waals surface area (Å²) >= 11 is 0. The number of benzene rings is 2. The van der Waals surface area contributed by atoms with E-state index in [1.165, 1.54) is 22.4 Å². The average Bonchev–Trinajstić information content (AvgIpc) is 3.00. The van der Waals surface area contributed by atoms with Crippen LogP contribution in [0.1, 0.15) is 23.1 Å². The van der Waals surface area contributed by atoms with Crippen molar-refractivity contribution in [1.82, 2.24) is 0 Å². The van der Waals surface area contributed by atoms with Crippen LogP contribution in [-0.4, -0.2) is 18.3 Å². The Morgan fingerprint density at radius 1 is 1.14 bits per heavy atom. The van der Waals surface area contributed by atoms with Gasteiger partial charge in [0.2, 0.25) is 0 Å². The highest BCUT2D eigenvalue weighted by Gasteiger charge is 2.13. The zero-order valence-corrected chi connectivity index (χ0v) is 12.2. The molecular formula is C18H22N2O. The number of anilines is 2. The molecule has 3 nitrogen and oxygen atoms in total. The molecule has 1 aliphatic heterocycles. The van der Waals surface area contributed by atoms with Crippen LogP contribution in [0.3, 0.4) is 0 Å². The van der Waals surface area contributed by atoms with Gasteiger partial charge in [-0.15, -0.1) is 0 Å². The van der Waals surface area contributed by atoms with E-state index in [9.17, 15) is 0 Å². The molecule has 0 fully saturated rings. The zero-order chi connectivity index (χ0) is 14.5. The Morgan fingerprint density at radius 2 is 2.05 bits per heavy atom. The van der Waals surface area contributed by atoms with Gasteiger partial charge >= 0.3 is 0 Å². The van der Waals surface area contributed by atoms with Gasteiger partial charge in [0.15, 0.2) is 0 Å². The van der Waals surface area contributed by atoms with E-state index in [4.69, 9.17) is 5.11 Å². The molecule has 0 unspecified atom stereocenters. The molecule has 0 aromatic heterocycles. The lowest BCUT2D eigenvalue weighted by Crippen LogP contribution is -2.03. The molecule has 3 heteroatoms. The van der Waals surface area contributed by atoms with E-state index >= 15 is 0 Å². The molecule has 110 valence electrons. The molecule has 0 amide bonds. The van der Waals surface area contributed by atoms with Crippen molar-refractivity contribution in [2.75, 3.05) is 23.8 Å². The summed E-state index contributed by atoms with van der Waals surface area (Å²) in [6, 6.07) is 15.0. The van der Waals surface area contributed by atoms with Crippen LogP contribution in [0.2, 0.25) is 0 Å². The van der Waals surface area contributed by atoms with Crippen LogP contribution in [0, 0.1) is 0 Å². The lowest BCUT2D eigenvalue weighted by Gasteiger charge is -2.12. The molecule has 1 heterocycles. The van der Waals surface area contributed by atoms with Crippen LogP contribution in [0.15, 0.2) is 42.5 Å². The van der Waals surface area contributed by atoms with Gasteiger partial charge in [-0.05, 0) is 48.1 Å². The zero-order valence-electron chi connectivity index (χ0n) is 12.2. The summed E-state index contributed by atoms with van der Waals surface area (Å²) in [7, 11) is 0. The van der Waals surface area contributed by atoms with Crippen molar-refractivity contribution in [3.8, 4) is 0 Å². The molecule has 1 aliphatic rings. The van der Waals surface area contributed by atoms with Crippen LogP contribution >= 0.6 is 0 Å². The molecule has 21 heavy (non-hydrogen) atoms. The Morgan fingerprint density at radius 3 is 2.95 bits per heavy atom. The highest BCUT2D eigenvalue weighted by Crippen LogP contribution is 2.27. The van der Waals surface area contributed by atoms with Gasteiger partial charge in [-0.3, -0.25) is 0 Å². The van der Waals surface area contributed by atoms with E-state index in [1.54, 1.807) is 0 Å². The van der Waals surface area contributed by atoms with E-state index in [0.29, 0.717) is 0 Å². The minimum Gasteiger partial charge on any atom is -0.396 e. The van der Waals surface area contributed by atoms with Gasteiger partial charge in [-0.25, -0.2) is 0 Å². The van der Waals surface area contributed by atoms with Crippen molar-refractivity contribution < 1.29 is 5.11 Å². The molecule has 0 saturated carbocycles. The summed E-state index contributed by atoms with van der Waals surface area (Å²) in [5.41, 5.74) is 6.46. The predicted molar refractivity (Wildman–Crippen MR) is 87.8 cm³/mol. The number of aryl methyl sites for hydroxylation is 1. The molecule has 0 atom stereocenters. The van der Waals surface area contributed by atoms with Crippen LogP contribution < -0.4 is 10.6 Å². The number of aliphatic hydroxyl groups is 1. The van der Waals surface area contributed by atoms with Gasteiger partial charge in [-0.1, -0.05) is 30.3 Å². The fourth-order valence-corrected chi connectivity index (χ4v) is 2.88. The highest BCUT2D eigenvalue weighted by atomic mass is 16.2. The van der Waals surface area contributed by atoms with Crippen molar-refractivity contribution >= 4 is 11.4 Å². The molecular weight excluding hydrogens is 260 g/mol. The maximum atomic E-state index is 8.92. The lowest BCUT2D eigenvalue weighted by atomic mass is 10.1. The summed E-state index contributed by atoms with van der Waals surface area (Å²) in [6.07, 6.45) is 2.87. The number of hydrogen-bond acceptors (Lipinski definition) is 3. The van der Waals surface area contributed by atoms with Crippen LogP contribution in [-0.2, 0) is 19.4 Å². The summed E-state index contributed by atoms with van der Waals surface area (Å²) < 4.78 is 0. The average molecular weight is 282 g/mol. The molecule has 0 aliphatic carbocycles. The largest absolute Gasteiger partial charge is 0.396 e. The van der Waals surface area contributed by atoms with E-state index in [0.717, 1.165) is 38.0 Å². The third-order valence-corrected chi connectivity index (χ3v) is 3.97. The first-order chi connectivity index (χ1) is 10.4. The number of fused-ring (bicyclic) bond motifs is 1. The topological polar surface area (TPSA) is 44.3 Å². The van der Waals surface area contributed by atoms with Crippen molar-refractivity contribution in [3.63, 3.8) is 0 Å². The number of para-hydroxylation sites is 1. The predicted octanol–water partition coefficient (Wildman–Crippen LogP) is 3.19. The van der Waals surface area contributed by atoms with Crippen molar-refractivity contribution in [2.24, 2.45) is 0 Å². The minimum atomic E-state index is 0.249. The second-order valence-electron chi connectivity index (χ2n) is 5.51. The molecule has 0 saturated heterocycles. The SMILES string of the molecule is OCCCc1cccc(NCc2cccc3c2NCC3)c1. The maximum absolute atomic E-state index is 8.92.